The van der Waals surface area contributed by atoms with Crippen molar-refractivity contribution in [3.63, 3.8) is 0 Å². The van der Waals surface area contributed by atoms with Gasteiger partial charge in [-0.3, -0.25) is 9.59 Å². The molecular formula is C27H23NO6. The number of rotatable bonds is 7. The summed E-state index contributed by atoms with van der Waals surface area (Å²) in [4.78, 5) is 39.0. The van der Waals surface area contributed by atoms with Gasteiger partial charge in [0.05, 0.1) is 14.2 Å². The van der Waals surface area contributed by atoms with Crippen molar-refractivity contribution in [2.45, 2.75) is 0 Å². The molecule has 0 saturated heterocycles. The SMILES string of the molecule is COc1ccc(C(=O)COC(=O)c2c(-c3ccccc3)c3ccccc3c(=O)n2C)cc1OC. The zero-order chi connectivity index (χ0) is 24.2. The molecule has 1 heterocycles. The fourth-order valence-electron chi connectivity index (χ4n) is 3.89. The third-order valence-corrected chi connectivity index (χ3v) is 5.60. The Bertz CT molecular complexity index is 1440. The maximum Gasteiger partial charge on any atom is 0.356 e. The Morgan fingerprint density at radius 3 is 2.15 bits per heavy atom. The number of nitrogens with zero attached hydrogens (tertiary/aromatic N) is 1. The molecule has 0 spiro atoms. The smallest absolute Gasteiger partial charge is 0.356 e. The van der Waals surface area contributed by atoms with Crippen LogP contribution in [0.5, 0.6) is 11.5 Å². The predicted octanol–water partition coefficient (Wildman–Crippen LogP) is 4.26. The number of benzene rings is 3. The zero-order valence-electron chi connectivity index (χ0n) is 19.0. The van der Waals surface area contributed by atoms with Crippen LogP contribution in [0.15, 0.2) is 77.6 Å². The summed E-state index contributed by atoms with van der Waals surface area (Å²) in [5.74, 6) is -0.308. The van der Waals surface area contributed by atoms with E-state index in [-0.39, 0.29) is 11.3 Å². The first-order valence-corrected chi connectivity index (χ1v) is 10.6. The Labute approximate surface area is 196 Å². The molecule has 3 aromatic carbocycles. The van der Waals surface area contributed by atoms with E-state index in [1.54, 1.807) is 30.3 Å². The van der Waals surface area contributed by atoms with Gasteiger partial charge in [-0.15, -0.1) is 0 Å². The van der Waals surface area contributed by atoms with Crippen LogP contribution in [-0.2, 0) is 11.8 Å². The van der Waals surface area contributed by atoms with Crippen LogP contribution >= 0.6 is 0 Å². The molecule has 0 atom stereocenters. The summed E-state index contributed by atoms with van der Waals surface area (Å²) >= 11 is 0. The Kier molecular flexibility index (Phi) is 6.45. The quantitative estimate of drug-likeness (QED) is 0.305. The first-order valence-electron chi connectivity index (χ1n) is 10.6. The van der Waals surface area contributed by atoms with Crippen LogP contribution in [0, 0.1) is 0 Å². The van der Waals surface area contributed by atoms with Crippen molar-refractivity contribution in [1.29, 1.82) is 0 Å². The fourth-order valence-corrected chi connectivity index (χ4v) is 3.89. The molecule has 0 aliphatic heterocycles. The second-order valence-corrected chi connectivity index (χ2v) is 7.57. The third-order valence-electron chi connectivity index (χ3n) is 5.60. The molecule has 0 radical (unpaired) electrons. The summed E-state index contributed by atoms with van der Waals surface area (Å²) in [6.07, 6.45) is 0. The summed E-state index contributed by atoms with van der Waals surface area (Å²) in [5, 5.41) is 1.12. The maximum atomic E-state index is 13.2. The molecule has 34 heavy (non-hydrogen) atoms. The normalized spacial score (nSPS) is 10.7. The van der Waals surface area contributed by atoms with Gasteiger partial charge in [0.2, 0.25) is 0 Å². The van der Waals surface area contributed by atoms with Gasteiger partial charge in [0.25, 0.3) is 5.56 Å². The summed E-state index contributed by atoms with van der Waals surface area (Å²) in [5.41, 5.74) is 1.39. The lowest BCUT2D eigenvalue weighted by atomic mass is 9.97. The lowest BCUT2D eigenvalue weighted by Gasteiger charge is -2.16. The van der Waals surface area contributed by atoms with Gasteiger partial charge < -0.3 is 18.8 Å². The number of esters is 1. The van der Waals surface area contributed by atoms with Gasteiger partial charge in [-0.2, -0.15) is 0 Å². The van der Waals surface area contributed by atoms with Gasteiger partial charge in [0.15, 0.2) is 23.9 Å². The zero-order valence-corrected chi connectivity index (χ0v) is 19.0. The van der Waals surface area contributed by atoms with Gasteiger partial charge in [-0.1, -0.05) is 48.5 Å². The van der Waals surface area contributed by atoms with Gasteiger partial charge >= 0.3 is 5.97 Å². The van der Waals surface area contributed by atoms with Crippen LogP contribution in [0.1, 0.15) is 20.8 Å². The largest absolute Gasteiger partial charge is 0.493 e. The first kappa shape index (κ1) is 22.8. The molecule has 0 bridgehead atoms. The highest BCUT2D eigenvalue weighted by molar-refractivity contribution is 6.07. The number of methoxy groups -OCH3 is 2. The number of hydrogen-bond acceptors (Lipinski definition) is 6. The number of pyridine rings is 1. The van der Waals surface area contributed by atoms with Gasteiger partial charge in [-0.25, -0.2) is 4.79 Å². The van der Waals surface area contributed by atoms with E-state index in [0.29, 0.717) is 33.4 Å². The summed E-state index contributed by atoms with van der Waals surface area (Å²) in [6, 6.07) is 21.1. The number of fused-ring (bicyclic) bond motifs is 1. The lowest BCUT2D eigenvalue weighted by Crippen LogP contribution is -2.27. The molecule has 4 aromatic rings. The topological polar surface area (TPSA) is 83.8 Å². The van der Waals surface area contributed by atoms with Crippen molar-refractivity contribution in [3.8, 4) is 22.6 Å². The summed E-state index contributed by atoms with van der Waals surface area (Å²) in [7, 11) is 4.49. The number of aromatic nitrogens is 1. The molecule has 7 nitrogen and oxygen atoms in total. The van der Waals surface area contributed by atoms with Crippen LogP contribution in [0.25, 0.3) is 21.9 Å². The average molecular weight is 457 g/mol. The maximum absolute atomic E-state index is 13.2. The van der Waals surface area contributed by atoms with Crippen LogP contribution in [0.3, 0.4) is 0 Å². The van der Waals surface area contributed by atoms with Crippen molar-refractivity contribution >= 4 is 22.5 Å². The van der Waals surface area contributed by atoms with Crippen molar-refractivity contribution in [2.75, 3.05) is 20.8 Å². The number of carbonyl (C=O) groups is 2. The van der Waals surface area contributed by atoms with Crippen LogP contribution in [0.2, 0.25) is 0 Å². The van der Waals surface area contributed by atoms with E-state index in [9.17, 15) is 14.4 Å². The molecule has 0 N–H and O–H groups in total. The van der Waals surface area contributed by atoms with Crippen LogP contribution in [-0.4, -0.2) is 37.1 Å². The highest BCUT2D eigenvalue weighted by atomic mass is 16.5. The highest BCUT2D eigenvalue weighted by Gasteiger charge is 2.24. The standard InChI is InChI=1S/C27H23NO6/c1-28-25(27(31)34-16-21(29)18-13-14-22(32-2)23(15-18)33-3)24(17-9-5-4-6-10-17)19-11-7-8-12-20(19)26(28)30/h4-15H,16H2,1-3H3. The number of carbonyl (C=O) groups excluding carboxylic acids is 2. The molecular weight excluding hydrogens is 434 g/mol. The van der Waals surface area contributed by atoms with E-state index in [1.165, 1.54) is 31.9 Å². The second-order valence-electron chi connectivity index (χ2n) is 7.57. The lowest BCUT2D eigenvalue weighted by molar-refractivity contribution is 0.0465. The Balaban J connectivity index is 1.71. The molecule has 0 unspecified atom stereocenters. The summed E-state index contributed by atoms with van der Waals surface area (Å²) < 4.78 is 17.1. The molecule has 0 saturated carbocycles. The summed E-state index contributed by atoms with van der Waals surface area (Å²) in [6.45, 7) is -0.496. The number of ether oxygens (including phenoxy) is 3. The Morgan fingerprint density at radius 2 is 1.47 bits per heavy atom. The first-order chi connectivity index (χ1) is 16.5. The number of ketones is 1. The van der Waals surface area contributed by atoms with Crippen molar-refractivity contribution in [2.24, 2.45) is 7.05 Å². The number of Topliss-reactive ketones (excluding diaryl/α,β-unsaturated/α-hetero) is 1. The van der Waals surface area contributed by atoms with Crippen molar-refractivity contribution in [3.05, 3.63) is 94.4 Å². The Morgan fingerprint density at radius 1 is 0.824 bits per heavy atom. The third kappa shape index (κ3) is 4.15. The Hall–Kier alpha value is -4.39. The van der Waals surface area contributed by atoms with Gasteiger partial charge in [-0.05, 0) is 35.2 Å². The molecule has 4 rings (SSSR count). The molecule has 0 amide bonds. The molecule has 7 heteroatoms. The van der Waals surface area contributed by atoms with E-state index in [0.717, 1.165) is 5.56 Å². The van der Waals surface area contributed by atoms with E-state index < -0.39 is 18.4 Å². The molecule has 0 aliphatic rings. The minimum absolute atomic E-state index is 0.0787. The van der Waals surface area contributed by atoms with E-state index in [1.807, 2.05) is 36.4 Å². The average Bonchev–Trinajstić information content (AvgIpc) is 2.89. The van der Waals surface area contributed by atoms with Crippen molar-refractivity contribution in [1.82, 2.24) is 4.57 Å². The molecule has 1 aromatic heterocycles. The van der Waals surface area contributed by atoms with Crippen LogP contribution in [0.4, 0.5) is 0 Å². The van der Waals surface area contributed by atoms with E-state index in [4.69, 9.17) is 14.2 Å². The molecule has 0 aliphatic carbocycles. The minimum atomic E-state index is -0.766. The van der Waals surface area contributed by atoms with Crippen LogP contribution < -0.4 is 15.0 Å². The minimum Gasteiger partial charge on any atom is -0.493 e. The second kappa shape index (κ2) is 9.62. The van der Waals surface area contributed by atoms with Gasteiger partial charge in [0.1, 0.15) is 5.69 Å². The predicted molar refractivity (Wildman–Crippen MR) is 129 cm³/mol. The highest BCUT2D eigenvalue weighted by Crippen LogP contribution is 2.31. The fraction of sp³-hybridized carbons (Fsp3) is 0.148. The van der Waals surface area contributed by atoms with Gasteiger partial charge in [0, 0.05) is 23.6 Å². The van der Waals surface area contributed by atoms with E-state index in [2.05, 4.69) is 0 Å². The number of hydrogen-bond donors (Lipinski definition) is 0. The molecule has 0 fully saturated rings. The van der Waals surface area contributed by atoms with Crippen molar-refractivity contribution < 1.29 is 23.8 Å². The van der Waals surface area contributed by atoms with E-state index >= 15 is 0 Å². The molecule has 172 valence electrons. The monoisotopic (exact) mass is 457 g/mol.